The Morgan fingerprint density at radius 2 is 2.27 bits per heavy atom. The normalized spacial score (nSPS) is 33.8. The second-order valence-corrected chi connectivity index (χ2v) is 6.08. The number of likely N-dealkylation sites (N-methyl/N-ethyl adjacent to an activating group) is 1. The molecule has 0 bridgehead atoms. The lowest BCUT2D eigenvalue weighted by molar-refractivity contribution is -0.952. The fraction of sp³-hybridized carbons (Fsp3) is 0.667. The van der Waals surface area contributed by atoms with Gasteiger partial charge in [0.25, 0.3) is 0 Å². The van der Waals surface area contributed by atoms with Crippen LogP contribution in [0.15, 0.2) is 11.4 Å². The van der Waals surface area contributed by atoms with E-state index in [1.54, 1.807) is 10.4 Å². The van der Waals surface area contributed by atoms with Gasteiger partial charge in [-0.25, -0.2) is 0 Å². The van der Waals surface area contributed by atoms with E-state index in [4.69, 9.17) is 0 Å². The number of piperidine rings is 1. The monoisotopic (exact) mass is 335 g/mol. The third-order valence-corrected chi connectivity index (χ3v) is 5.11. The molecule has 1 fully saturated rings. The Balaban J connectivity index is 0.000000853. The first-order valence-corrected chi connectivity index (χ1v) is 6.55. The van der Waals surface area contributed by atoms with E-state index < -0.39 is 0 Å². The summed E-state index contributed by atoms with van der Waals surface area (Å²) in [5, 5.41) is 2.27. The molecule has 1 aromatic heterocycles. The van der Waals surface area contributed by atoms with Crippen LogP contribution in [0.2, 0.25) is 0 Å². The van der Waals surface area contributed by atoms with Crippen molar-refractivity contribution < 1.29 is 28.5 Å². The first-order chi connectivity index (χ1) is 6.78. The molecule has 0 radical (unpaired) electrons. The maximum atomic E-state index is 2.46. The molecule has 3 heterocycles. The number of halogens is 1. The Hall–Kier alpha value is 0.390. The highest BCUT2D eigenvalue weighted by Gasteiger charge is 2.40. The second-order valence-electron chi connectivity index (χ2n) is 5.08. The van der Waals surface area contributed by atoms with Gasteiger partial charge in [-0.05, 0) is 24.3 Å². The fourth-order valence-electron chi connectivity index (χ4n) is 3.17. The Morgan fingerprint density at radius 1 is 1.40 bits per heavy atom. The second kappa shape index (κ2) is 4.34. The number of rotatable bonds is 0. The van der Waals surface area contributed by atoms with Crippen molar-refractivity contribution in [2.45, 2.75) is 38.3 Å². The van der Waals surface area contributed by atoms with Crippen molar-refractivity contribution in [2.24, 2.45) is 0 Å². The van der Waals surface area contributed by atoms with E-state index in [1.807, 2.05) is 11.3 Å². The van der Waals surface area contributed by atoms with E-state index >= 15 is 0 Å². The van der Waals surface area contributed by atoms with Gasteiger partial charge in [0.1, 0.15) is 6.54 Å². The molecule has 0 N–H and O–H groups in total. The zero-order valence-corrected chi connectivity index (χ0v) is 12.2. The predicted molar refractivity (Wildman–Crippen MR) is 60.4 cm³/mol. The van der Waals surface area contributed by atoms with Gasteiger partial charge in [0.15, 0.2) is 0 Å². The van der Waals surface area contributed by atoms with Crippen LogP contribution in [0.25, 0.3) is 0 Å². The minimum Gasteiger partial charge on any atom is -1.00 e. The molecule has 3 heteroatoms. The maximum absolute atomic E-state index is 2.46. The number of hydrogen-bond donors (Lipinski definition) is 0. The third-order valence-electron chi connectivity index (χ3n) is 4.13. The Bertz CT molecular complexity index is 349. The Kier molecular flexibility index (Phi) is 3.43. The average molecular weight is 335 g/mol. The molecule has 2 aliphatic heterocycles. The summed E-state index contributed by atoms with van der Waals surface area (Å²) in [7, 11) is 2.46. The molecule has 0 aromatic carbocycles. The van der Waals surface area contributed by atoms with Crippen LogP contribution in [0.1, 0.15) is 29.7 Å². The van der Waals surface area contributed by atoms with Crippen molar-refractivity contribution in [3.8, 4) is 0 Å². The van der Waals surface area contributed by atoms with Gasteiger partial charge in [-0.1, -0.05) is 0 Å². The lowest BCUT2D eigenvalue weighted by Gasteiger charge is -2.47. The van der Waals surface area contributed by atoms with Gasteiger partial charge >= 0.3 is 0 Å². The quantitative estimate of drug-likeness (QED) is 0.455. The number of thiophene rings is 1. The fourth-order valence-corrected chi connectivity index (χ4v) is 4.14. The first kappa shape index (κ1) is 11.9. The van der Waals surface area contributed by atoms with Crippen molar-refractivity contribution in [1.82, 2.24) is 0 Å². The SMILES string of the molecule is C[N@+]12CCCC[C@@H]1Cc1sccc1C2.[I-]. The first-order valence-electron chi connectivity index (χ1n) is 5.67. The summed E-state index contributed by atoms with van der Waals surface area (Å²) < 4.78 is 1.32. The van der Waals surface area contributed by atoms with Crippen LogP contribution in [0.3, 0.4) is 0 Å². The highest BCUT2D eigenvalue weighted by molar-refractivity contribution is 7.10. The van der Waals surface area contributed by atoms with Crippen molar-refractivity contribution in [3.63, 3.8) is 0 Å². The van der Waals surface area contributed by atoms with Crippen LogP contribution >= 0.6 is 11.3 Å². The average Bonchev–Trinajstić information content (AvgIpc) is 2.59. The highest BCUT2D eigenvalue weighted by Crippen LogP contribution is 2.36. The highest BCUT2D eigenvalue weighted by atomic mass is 127. The van der Waals surface area contributed by atoms with Crippen molar-refractivity contribution in [2.75, 3.05) is 13.6 Å². The lowest BCUT2D eigenvalue weighted by atomic mass is 9.90. The summed E-state index contributed by atoms with van der Waals surface area (Å²) in [5.41, 5.74) is 1.63. The van der Waals surface area contributed by atoms with E-state index in [-0.39, 0.29) is 24.0 Å². The standard InChI is InChI=1S/C12H18NS.HI/c1-13-6-3-2-4-11(13)8-12-10(9-13)5-7-14-12;/h5,7,11H,2-4,6,8-9H2,1H3;1H/q+1;/p-1/t11-,13-;/m1./s1. The Labute approximate surface area is 113 Å². The van der Waals surface area contributed by atoms with Gasteiger partial charge in [-0.3, -0.25) is 0 Å². The van der Waals surface area contributed by atoms with E-state index in [9.17, 15) is 0 Å². The predicted octanol–water partition coefficient (Wildman–Crippen LogP) is -0.193. The van der Waals surface area contributed by atoms with Crippen LogP contribution in [0, 0.1) is 0 Å². The minimum absolute atomic E-state index is 0. The van der Waals surface area contributed by atoms with E-state index in [0.29, 0.717) is 0 Å². The smallest absolute Gasteiger partial charge is 0.105 e. The van der Waals surface area contributed by atoms with E-state index in [2.05, 4.69) is 18.5 Å². The Morgan fingerprint density at radius 3 is 3.13 bits per heavy atom. The van der Waals surface area contributed by atoms with Crippen LogP contribution in [-0.4, -0.2) is 24.1 Å². The summed E-state index contributed by atoms with van der Waals surface area (Å²) in [5.74, 6) is 0. The van der Waals surface area contributed by atoms with Crippen LogP contribution < -0.4 is 24.0 Å². The van der Waals surface area contributed by atoms with Gasteiger partial charge in [0.05, 0.1) is 19.6 Å². The molecule has 2 aliphatic rings. The number of quaternary nitrogens is 1. The summed E-state index contributed by atoms with van der Waals surface area (Å²) in [4.78, 5) is 1.67. The van der Waals surface area contributed by atoms with Crippen molar-refractivity contribution in [1.29, 1.82) is 0 Å². The molecule has 0 unspecified atom stereocenters. The summed E-state index contributed by atoms with van der Waals surface area (Å²) in [6, 6.07) is 3.27. The summed E-state index contributed by atoms with van der Waals surface area (Å²) in [6.07, 6.45) is 5.70. The molecule has 15 heavy (non-hydrogen) atoms. The van der Waals surface area contributed by atoms with Crippen LogP contribution in [0.5, 0.6) is 0 Å². The number of fused-ring (bicyclic) bond motifs is 2. The zero-order chi connectivity index (χ0) is 9.60. The maximum Gasteiger partial charge on any atom is 0.105 e. The molecule has 0 amide bonds. The molecule has 0 spiro atoms. The molecule has 1 saturated heterocycles. The largest absolute Gasteiger partial charge is 1.00 e. The molecule has 2 atom stereocenters. The molecule has 1 nitrogen and oxygen atoms in total. The number of nitrogens with zero attached hydrogens (tertiary/aromatic N) is 1. The lowest BCUT2D eigenvalue weighted by Crippen LogP contribution is -3.00. The molecule has 0 saturated carbocycles. The molecule has 84 valence electrons. The molecule has 0 aliphatic carbocycles. The molecular weight excluding hydrogens is 317 g/mol. The van der Waals surface area contributed by atoms with Crippen LogP contribution in [0.4, 0.5) is 0 Å². The van der Waals surface area contributed by atoms with Gasteiger partial charge in [0.2, 0.25) is 0 Å². The van der Waals surface area contributed by atoms with Gasteiger partial charge in [-0.2, -0.15) is 0 Å². The molecule has 1 aromatic rings. The third kappa shape index (κ3) is 1.98. The topological polar surface area (TPSA) is 0 Å². The molecular formula is C12H18INS. The summed E-state index contributed by atoms with van der Waals surface area (Å²) in [6.45, 7) is 2.70. The van der Waals surface area contributed by atoms with Crippen LogP contribution in [-0.2, 0) is 13.0 Å². The summed E-state index contributed by atoms with van der Waals surface area (Å²) >= 11 is 1.97. The number of hydrogen-bond acceptors (Lipinski definition) is 1. The van der Waals surface area contributed by atoms with E-state index in [1.165, 1.54) is 43.3 Å². The van der Waals surface area contributed by atoms with Gasteiger partial charge < -0.3 is 28.5 Å². The molecule has 3 rings (SSSR count). The van der Waals surface area contributed by atoms with Gasteiger partial charge in [-0.15, -0.1) is 11.3 Å². The zero-order valence-electron chi connectivity index (χ0n) is 9.21. The van der Waals surface area contributed by atoms with Crippen molar-refractivity contribution >= 4 is 11.3 Å². The van der Waals surface area contributed by atoms with E-state index in [0.717, 1.165) is 6.04 Å². The van der Waals surface area contributed by atoms with Gasteiger partial charge in [0, 0.05) is 23.3 Å². The van der Waals surface area contributed by atoms with Crippen molar-refractivity contribution in [3.05, 3.63) is 21.9 Å². The minimum atomic E-state index is 0.